The van der Waals surface area contributed by atoms with Crippen LogP contribution in [0.1, 0.15) is 19.4 Å². The van der Waals surface area contributed by atoms with E-state index in [-0.39, 0.29) is 11.2 Å². The second-order valence-electron chi connectivity index (χ2n) is 6.66. The minimum Gasteiger partial charge on any atom is -0.497 e. The molecule has 0 saturated heterocycles. The van der Waals surface area contributed by atoms with Gasteiger partial charge < -0.3 is 14.4 Å². The summed E-state index contributed by atoms with van der Waals surface area (Å²) in [5.41, 5.74) is 3.92. The van der Waals surface area contributed by atoms with Crippen LogP contribution in [0.15, 0.2) is 65.6 Å². The SMILES string of the molecule is COC1=CC=C/C(=C/C=C2/N(C)c3ccc(OC)cc3C2(C)C)C1=O. The van der Waals surface area contributed by atoms with Crippen molar-refractivity contribution in [1.29, 1.82) is 0 Å². The summed E-state index contributed by atoms with van der Waals surface area (Å²) in [4.78, 5) is 14.5. The Morgan fingerprint density at radius 2 is 1.88 bits per heavy atom. The number of methoxy groups -OCH3 is 2. The number of likely N-dealkylation sites (N-methyl/N-ethyl adjacent to an activating group) is 1. The predicted molar refractivity (Wildman–Crippen MR) is 99.8 cm³/mol. The first-order valence-electron chi connectivity index (χ1n) is 8.22. The standard InChI is InChI=1S/C21H23NO3/c1-21(2)16-13-15(24-4)10-11-17(16)22(3)19(21)12-9-14-7-6-8-18(25-5)20(14)23/h6-13H,1-5H3/b14-9-,19-12+. The normalized spacial score (nSPS) is 21.6. The smallest absolute Gasteiger partial charge is 0.227 e. The van der Waals surface area contributed by atoms with Crippen LogP contribution in [0.3, 0.4) is 0 Å². The molecule has 0 atom stereocenters. The lowest BCUT2D eigenvalue weighted by molar-refractivity contribution is -0.114. The number of anilines is 1. The first-order chi connectivity index (χ1) is 11.9. The molecule has 130 valence electrons. The highest BCUT2D eigenvalue weighted by atomic mass is 16.5. The molecule has 0 aromatic heterocycles. The fourth-order valence-electron chi connectivity index (χ4n) is 3.44. The zero-order valence-corrected chi connectivity index (χ0v) is 15.3. The van der Waals surface area contributed by atoms with Crippen LogP contribution in [0.5, 0.6) is 5.75 Å². The summed E-state index contributed by atoms with van der Waals surface area (Å²) in [6, 6.07) is 6.12. The number of hydrogen-bond donors (Lipinski definition) is 0. The van der Waals surface area contributed by atoms with E-state index in [4.69, 9.17) is 9.47 Å². The molecule has 25 heavy (non-hydrogen) atoms. The third kappa shape index (κ3) is 2.78. The fraction of sp³-hybridized carbons (Fsp3) is 0.286. The Morgan fingerprint density at radius 3 is 2.56 bits per heavy atom. The van der Waals surface area contributed by atoms with Crippen molar-refractivity contribution in [1.82, 2.24) is 0 Å². The van der Waals surface area contributed by atoms with Crippen LogP contribution in [0.2, 0.25) is 0 Å². The van der Waals surface area contributed by atoms with E-state index in [1.54, 1.807) is 19.3 Å². The topological polar surface area (TPSA) is 38.8 Å². The van der Waals surface area contributed by atoms with Crippen LogP contribution in [-0.4, -0.2) is 27.1 Å². The van der Waals surface area contributed by atoms with Gasteiger partial charge in [-0.05, 0) is 42.0 Å². The number of hydrogen-bond acceptors (Lipinski definition) is 4. The molecule has 0 bridgehead atoms. The van der Waals surface area contributed by atoms with Crippen molar-refractivity contribution in [3.8, 4) is 5.75 Å². The molecule has 1 aromatic rings. The molecule has 1 aliphatic carbocycles. The fourth-order valence-corrected chi connectivity index (χ4v) is 3.44. The number of rotatable bonds is 3. The van der Waals surface area contributed by atoms with E-state index in [1.165, 1.54) is 12.7 Å². The predicted octanol–water partition coefficient (Wildman–Crippen LogP) is 3.90. The molecule has 1 heterocycles. The maximum atomic E-state index is 12.3. The van der Waals surface area contributed by atoms with Gasteiger partial charge in [0.05, 0.1) is 14.2 Å². The number of Topliss-reactive ketones (excluding diaryl/α,β-unsaturated/α-hetero) is 1. The Balaban J connectivity index is 2.00. The van der Waals surface area contributed by atoms with Gasteiger partial charge in [-0.3, -0.25) is 4.79 Å². The van der Waals surface area contributed by atoms with Crippen molar-refractivity contribution in [2.24, 2.45) is 0 Å². The van der Waals surface area contributed by atoms with Crippen LogP contribution in [-0.2, 0) is 14.9 Å². The van der Waals surface area contributed by atoms with Crippen LogP contribution in [0.25, 0.3) is 0 Å². The highest BCUT2D eigenvalue weighted by Gasteiger charge is 2.38. The van der Waals surface area contributed by atoms with Gasteiger partial charge in [0.2, 0.25) is 5.78 Å². The van der Waals surface area contributed by atoms with Crippen LogP contribution >= 0.6 is 0 Å². The van der Waals surface area contributed by atoms with E-state index in [0.717, 1.165) is 17.1 Å². The summed E-state index contributed by atoms with van der Waals surface area (Å²) in [5, 5.41) is 0. The summed E-state index contributed by atoms with van der Waals surface area (Å²) in [6.45, 7) is 4.36. The highest BCUT2D eigenvalue weighted by molar-refractivity contribution is 6.10. The first kappa shape index (κ1) is 17.1. The lowest BCUT2D eigenvalue weighted by Gasteiger charge is -2.24. The van der Waals surface area contributed by atoms with Gasteiger partial charge in [-0.25, -0.2) is 0 Å². The quantitative estimate of drug-likeness (QED) is 0.784. The summed E-state index contributed by atoms with van der Waals surface area (Å²) < 4.78 is 10.5. The Bertz CT molecular complexity index is 841. The molecule has 1 aromatic carbocycles. The number of carbonyl (C=O) groups excluding carboxylic acids is 1. The Labute approximate surface area is 148 Å². The molecular formula is C21H23NO3. The summed E-state index contributed by atoms with van der Waals surface area (Å²) >= 11 is 0. The number of fused-ring (bicyclic) bond motifs is 1. The zero-order valence-electron chi connectivity index (χ0n) is 15.3. The second kappa shape index (κ2) is 6.28. The van der Waals surface area contributed by atoms with Crippen molar-refractivity contribution < 1.29 is 14.3 Å². The highest BCUT2D eigenvalue weighted by Crippen LogP contribution is 2.48. The average Bonchev–Trinajstić information content (AvgIpc) is 2.80. The van der Waals surface area contributed by atoms with Crippen molar-refractivity contribution in [2.75, 3.05) is 26.2 Å². The van der Waals surface area contributed by atoms with Gasteiger partial charge in [-0.2, -0.15) is 0 Å². The van der Waals surface area contributed by atoms with E-state index in [9.17, 15) is 4.79 Å². The average molecular weight is 337 g/mol. The largest absolute Gasteiger partial charge is 0.497 e. The van der Waals surface area contributed by atoms with Gasteiger partial charge in [0.1, 0.15) is 5.75 Å². The maximum Gasteiger partial charge on any atom is 0.227 e. The van der Waals surface area contributed by atoms with Gasteiger partial charge in [-0.15, -0.1) is 0 Å². The number of ether oxygens (including phenoxy) is 2. The van der Waals surface area contributed by atoms with E-state index >= 15 is 0 Å². The third-order valence-electron chi connectivity index (χ3n) is 4.89. The monoisotopic (exact) mass is 337 g/mol. The molecule has 0 amide bonds. The number of benzene rings is 1. The van der Waals surface area contributed by atoms with Gasteiger partial charge >= 0.3 is 0 Å². The number of allylic oxidation sites excluding steroid dienone is 7. The zero-order chi connectivity index (χ0) is 18.2. The molecule has 0 unspecified atom stereocenters. The molecular weight excluding hydrogens is 314 g/mol. The minimum atomic E-state index is -0.183. The Hall–Kier alpha value is -2.75. The van der Waals surface area contributed by atoms with E-state index in [1.807, 2.05) is 31.3 Å². The lowest BCUT2D eigenvalue weighted by atomic mass is 9.83. The van der Waals surface area contributed by atoms with E-state index in [2.05, 4.69) is 30.9 Å². The van der Waals surface area contributed by atoms with Crippen LogP contribution < -0.4 is 9.64 Å². The van der Waals surface area contributed by atoms with Crippen molar-refractivity contribution in [2.45, 2.75) is 19.3 Å². The van der Waals surface area contributed by atoms with Gasteiger partial charge in [0, 0.05) is 29.4 Å². The van der Waals surface area contributed by atoms with E-state index < -0.39 is 0 Å². The lowest BCUT2D eigenvalue weighted by Crippen LogP contribution is -2.22. The second-order valence-corrected chi connectivity index (χ2v) is 6.66. The molecule has 1 aliphatic heterocycles. The molecule has 0 fully saturated rings. The van der Waals surface area contributed by atoms with Crippen LogP contribution in [0, 0.1) is 0 Å². The molecule has 4 heteroatoms. The number of nitrogens with zero attached hydrogens (tertiary/aromatic N) is 1. The van der Waals surface area contributed by atoms with Gasteiger partial charge in [0.15, 0.2) is 5.76 Å². The molecule has 0 radical (unpaired) electrons. The van der Waals surface area contributed by atoms with Crippen molar-refractivity contribution in [3.05, 3.63) is 71.2 Å². The van der Waals surface area contributed by atoms with Gasteiger partial charge in [-0.1, -0.05) is 26.0 Å². The molecule has 0 saturated carbocycles. The third-order valence-corrected chi connectivity index (χ3v) is 4.89. The number of ketones is 1. The van der Waals surface area contributed by atoms with Crippen molar-refractivity contribution >= 4 is 11.5 Å². The molecule has 2 aliphatic rings. The molecule has 3 rings (SSSR count). The van der Waals surface area contributed by atoms with Gasteiger partial charge in [0.25, 0.3) is 0 Å². The molecule has 0 spiro atoms. The molecule has 4 nitrogen and oxygen atoms in total. The summed E-state index contributed by atoms with van der Waals surface area (Å²) in [7, 11) is 5.23. The van der Waals surface area contributed by atoms with Crippen molar-refractivity contribution in [3.63, 3.8) is 0 Å². The number of carbonyl (C=O) groups is 1. The van der Waals surface area contributed by atoms with Crippen LogP contribution in [0.4, 0.5) is 5.69 Å². The Morgan fingerprint density at radius 1 is 1.12 bits per heavy atom. The summed E-state index contributed by atoms with van der Waals surface area (Å²) in [5.74, 6) is 1.11. The first-order valence-corrected chi connectivity index (χ1v) is 8.22. The molecule has 0 N–H and O–H groups in total. The maximum absolute atomic E-state index is 12.3. The summed E-state index contributed by atoms with van der Waals surface area (Å²) in [6.07, 6.45) is 9.19. The van der Waals surface area contributed by atoms with E-state index in [0.29, 0.717) is 11.3 Å². The minimum absolute atomic E-state index is 0.0977. The Kier molecular flexibility index (Phi) is 4.29.